The quantitative estimate of drug-likeness (QED) is 0.0940. The average Bonchev–Trinajstić information content (AvgIpc) is 3.62. The van der Waals surface area contributed by atoms with E-state index in [1.807, 2.05) is 0 Å². The van der Waals surface area contributed by atoms with Gasteiger partial charge in [-0.05, 0) is 165 Å². The van der Waals surface area contributed by atoms with Crippen LogP contribution in [0.1, 0.15) is 139 Å². The highest BCUT2D eigenvalue weighted by molar-refractivity contribution is 14.1. The molecule has 7 aromatic rings. The predicted octanol–water partition coefficient (Wildman–Crippen LogP) is 15.6. The molecule has 0 amide bonds. The number of alkyl halides is 1. The number of fused-ring (bicyclic) bond motifs is 7. The summed E-state index contributed by atoms with van der Waals surface area (Å²) in [6, 6.07) is 40.5. The van der Waals surface area contributed by atoms with E-state index < -0.39 is 0 Å². The van der Waals surface area contributed by atoms with Gasteiger partial charge in [-0.25, -0.2) is 0 Å². The molecule has 3 nitrogen and oxygen atoms in total. The monoisotopic (exact) mass is 968 g/mol. The highest BCUT2D eigenvalue weighted by Gasteiger charge is 2.49. The number of furan rings is 1. The van der Waals surface area contributed by atoms with Crippen LogP contribution in [0.25, 0.3) is 22.1 Å². The van der Waals surface area contributed by atoms with Crippen molar-refractivity contribution < 1.29 is 4.42 Å². The summed E-state index contributed by atoms with van der Waals surface area (Å²) in [7, 11) is 0. The Morgan fingerprint density at radius 1 is 0.662 bits per heavy atom. The minimum Gasteiger partial charge on any atom is -0.468 e. The Labute approximate surface area is 403 Å². The van der Waals surface area contributed by atoms with E-state index in [0.29, 0.717) is 5.92 Å². The molecule has 6 aromatic carbocycles. The van der Waals surface area contributed by atoms with Crippen LogP contribution in [0.3, 0.4) is 0 Å². The van der Waals surface area contributed by atoms with Gasteiger partial charge in [0.2, 0.25) is 0 Å². The van der Waals surface area contributed by atoms with Crippen molar-refractivity contribution >= 4 is 91.0 Å². The van der Waals surface area contributed by atoms with Crippen molar-refractivity contribution in [3.8, 4) is 11.1 Å². The third-order valence-electron chi connectivity index (χ3n) is 15.4. The van der Waals surface area contributed by atoms with Crippen LogP contribution < -0.4 is 26.4 Å². The van der Waals surface area contributed by atoms with Gasteiger partial charge in [-0.2, -0.15) is 0 Å². The number of anilines is 6. The first-order chi connectivity index (χ1) is 30.6. The Hall–Kier alpha value is -4.75. The first-order valence-corrected chi connectivity index (χ1v) is 25.5. The van der Waals surface area contributed by atoms with E-state index in [1.54, 1.807) is 0 Å². The van der Waals surface area contributed by atoms with Crippen LogP contribution in [-0.2, 0) is 21.7 Å². The van der Waals surface area contributed by atoms with Gasteiger partial charge in [0.05, 0.1) is 17.0 Å². The molecule has 0 bridgehead atoms. The van der Waals surface area contributed by atoms with Crippen molar-refractivity contribution in [1.82, 2.24) is 0 Å². The minimum atomic E-state index is -0.130. The molecule has 1 aromatic heterocycles. The molecule has 3 heterocycles. The van der Waals surface area contributed by atoms with Gasteiger partial charge in [0.1, 0.15) is 5.58 Å². The highest BCUT2D eigenvalue weighted by Crippen LogP contribution is 2.53. The molecule has 0 saturated carbocycles. The molecule has 3 aliphatic rings. The Morgan fingerprint density at radius 3 is 1.88 bits per heavy atom. The van der Waals surface area contributed by atoms with Crippen LogP contribution >= 0.6 is 22.6 Å². The second kappa shape index (κ2) is 15.1. The number of hydrogen-bond donors (Lipinski definition) is 0. The summed E-state index contributed by atoms with van der Waals surface area (Å²) < 4.78 is 8.63. The van der Waals surface area contributed by atoms with Crippen molar-refractivity contribution in [2.75, 3.05) is 14.2 Å². The fraction of sp³-hybridized carbons (Fsp3) is 0.367. The van der Waals surface area contributed by atoms with E-state index in [9.17, 15) is 0 Å². The van der Waals surface area contributed by atoms with Crippen LogP contribution in [0, 0.1) is 20.8 Å². The van der Waals surface area contributed by atoms with Gasteiger partial charge in [-0.3, -0.25) is 0 Å². The van der Waals surface area contributed by atoms with Gasteiger partial charge in [-0.15, -0.1) is 0 Å². The molecule has 0 spiro atoms. The lowest BCUT2D eigenvalue weighted by Gasteiger charge is -2.44. The topological polar surface area (TPSA) is 19.6 Å². The molecular formula is C60H66BIN2O. The van der Waals surface area contributed by atoms with Crippen LogP contribution in [0.5, 0.6) is 0 Å². The van der Waals surface area contributed by atoms with Gasteiger partial charge in [0.25, 0.3) is 6.71 Å². The molecular weight excluding hydrogens is 902 g/mol. The Morgan fingerprint density at radius 2 is 1.26 bits per heavy atom. The molecule has 5 heteroatoms. The molecule has 0 unspecified atom stereocenters. The number of benzene rings is 6. The van der Waals surface area contributed by atoms with Crippen LogP contribution in [0.4, 0.5) is 34.1 Å². The minimum absolute atomic E-state index is 0.0322. The van der Waals surface area contributed by atoms with Gasteiger partial charge < -0.3 is 14.2 Å². The zero-order valence-corrected chi connectivity index (χ0v) is 43.4. The van der Waals surface area contributed by atoms with Crippen molar-refractivity contribution in [2.45, 2.75) is 137 Å². The number of halogens is 1. The summed E-state index contributed by atoms with van der Waals surface area (Å²) in [4.78, 5) is 5.20. The Balaban J connectivity index is 1.36. The first-order valence-electron chi connectivity index (χ1n) is 24.0. The molecule has 2 aliphatic heterocycles. The van der Waals surface area contributed by atoms with Crippen molar-refractivity contribution in [1.29, 1.82) is 0 Å². The average molecular weight is 969 g/mol. The second-order valence-electron chi connectivity index (χ2n) is 23.2. The highest BCUT2D eigenvalue weighted by atomic mass is 127. The molecule has 1 aliphatic carbocycles. The van der Waals surface area contributed by atoms with E-state index in [0.717, 1.165) is 34.2 Å². The molecule has 0 saturated heterocycles. The Bertz CT molecular complexity index is 3050. The van der Waals surface area contributed by atoms with Crippen LogP contribution in [-0.4, -0.2) is 11.1 Å². The maximum absolute atomic E-state index is 7.62. The number of hydrogen-bond acceptors (Lipinski definition) is 3. The molecule has 10 rings (SSSR count). The van der Waals surface area contributed by atoms with E-state index in [1.165, 1.54) is 100 Å². The number of aryl methyl sites for hydroxylation is 3. The number of rotatable bonds is 6. The fourth-order valence-electron chi connectivity index (χ4n) is 11.3. The lowest BCUT2D eigenvalue weighted by molar-refractivity contribution is 0.332. The van der Waals surface area contributed by atoms with Gasteiger partial charge in [0, 0.05) is 38.1 Å². The van der Waals surface area contributed by atoms with Crippen molar-refractivity contribution in [3.05, 3.63) is 148 Å². The van der Waals surface area contributed by atoms with Gasteiger partial charge in [-0.1, -0.05) is 159 Å². The summed E-state index contributed by atoms with van der Waals surface area (Å²) in [6.07, 6.45) is 2.31. The molecule has 0 radical (unpaired) electrons. The number of nitrogens with zero attached hydrogens (tertiary/aromatic N) is 2. The second-order valence-corrected chi connectivity index (χ2v) is 23.9. The van der Waals surface area contributed by atoms with Gasteiger partial charge >= 0.3 is 0 Å². The van der Waals surface area contributed by atoms with Crippen LogP contribution in [0.2, 0.25) is 0 Å². The zero-order chi connectivity index (χ0) is 46.3. The summed E-state index contributed by atoms with van der Waals surface area (Å²) in [6.45, 7) is 32.8. The first kappa shape index (κ1) is 44.1. The standard InChI is InChI=1S/C60H66BIN2O/c1-35(2)43-31-50-48(32-45(43)60(13,14)34-62)61-54-51(28-38(5)29-52(54)64(50)49-27-37(4)17-24-42(49)39-18-15-36(3)16-19-39)63(41-22-20-40(21-23-41)57(6,7)8)55-44-30-46-47(33-53(44)65-56(55)61)59(11,12)26-25-58(46,9)10/h15-24,27-33,35H,25-26,34H2,1-14H3. The summed E-state index contributed by atoms with van der Waals surface area (Å²) in [5.74, 6) is 0.334. The molecule has 0 N–H and O–H groups in total. The van der Waals surface area contributed by atoms with Crippen molar-refractivity contribution in [3.63, 3.8) is 0 Å². The van der Waals surface area contributed by atoms with E-state index in [4.69, 9.17) is 4.42 Å². The summed E-state index contributed by atoms with van der Waals surface area (Å²) >= 11 is 2.61. The fourth-order valence-corrected chi connectivity index (χ4v) is 11.7. The molecule has 332 valence electrons. The summed E-state index contributed by atoms with van der Waals surface area (Å²) in [5, 5.41) is 1.20. The largest absolute Gasteiger partial charge is 0.468 e. The maximum atomic E-state index is 7.62. The van der Waals surface area contributed by atoms with Gasteiger partial charge in [0.15, 0.2) is 0 Å². The lowest BCUT2D eigenvalue weighted by atomic mass is 9.35. The SMILES string of the molecule is Cc1ccc(-c2ccc(C)cc2N2c3cc(C(C)C)c(C(C)(C)CI)cc3B3c4oc5cc6c(cc5c4N(c4ccc(C(C)(C)C)cc4)c4cc(C)cc2c43)C(C)(C)CCC6(C)C)cc1. The van der Waals surface area contributed by atoms with E-state index >= 15 is 0 Å². The maximum Gasteiger partial charge on any atom is 0.297 e. The van der Waals surface area contributed by atoms with Crippen molar-refractivity contribution in [2.24, 2.45) is 0 Å². The van der Waals surface area contributed by atoms with E-state index in [2.05, 4.69) is 232 Å². The third-order valence-corrected chi connectivity index (χ3v) is 17.3. The third kappa shape index (κ3) is 7.03. The smallest absolute Gasteiger partial charge is 0.297 e. The zero-order valence-electron chi connectivity index (χ0n) is 41.3. The molecule has 65 heavy (non-hydrogen) atoms. The Kier molecular flexibility index (Phi) is 10.3. The summed E-state index contributed by atoms with van der Waals surface area (Å²) in [5.41, 5.74) is 25.2. The normalized spacial score (nSPS) is 16.2. The molecule has 0 fully saturated rings. The molecule has 0 atom stereocenters. The van der Waals surface area contributed by atoms with E-state index in [-0.39, 0.29) is 28.4 Å². The predicted molar refractivity (Wildman–Crippen MR) is 290 cm³/mol. The van der Waals surface area contributed by atoms with Crippen LogP contribution in [0.15, 0.2) is 108 Å². The lowest BCUT2D eigenvalue weighted by Crippen LogP contribution is -2.61.